The average molecular weight is 293 g/mol. The number of hydrogen-bond donors (Lipinski definition) is 3. The molecule has 2 aromatic heterocycles. The molecule has 0 spiro atoms. The van der Waals surface area contributed by atoms with Crippen molar-refractivity contribution in [2.24, 2.45) is 0 Å². The highest BCUT2D eigenvalue weighted by Gasteiger charge is 2.37. The lowest BCUT2D eigenvalue weighted by Crippen LogP contribution is -2.57. The highest BCUT2D eigenvalue weighted by molar-refractivity contribution is 7.98. The zero-order valence-electron chi connectivity index (χ0n) is 11.4. The quantitative estimate of drug-likeness (QED) is 0.756. The normalized spacial score (nSPS) is 23.1. The third kappa shape index (κ3) is 2.25. The Bertz CT molecular complexity index is 601. The lowest BCUT2D eigenvalue weighted by molar-refractivity contribution is -0.0123. The van der Waals surface area contributed by atoms with Crippen LogP contribution in [-0.2, 0) is 6.54 Å². The van der Waals surface area contributed by atoms with Crippen LogP contribution in [0.5, 0.6) is 0 Å². The highest BCUT2D eigenvalue weighted by atomic mass is 32.2. The van der Waals surface area contributed by atoms with Crippen LogP contribution < -0.4 is 5.73 Å². The van der Waals surface area contributed by atoms with Gasteiger partial charge in [-0.15, -0.1) is 0 Å². The van der Waals surface area contributed by atoms with Crippen molar-refractivity contribution in [2.45, 2.75) is 25.0 Å². The molecule has 0 radical (unpaired) electrons. The molecule has 1 aliphatic heterocycles. The number of hydrogen-bond acceptors (Lipinski definition) is 6. The molecule has 20 heavy (non-hydrogen) atoms. The van der Waals surface area contributed by atoms with Crippen LogP contribution in [0.4, 0.5) is 5.82 Å². The van der Waals surface area contributed by atoms with Crippen LogP contribution in [0.2, 0.25) is 0 Å². The van der Waals surface area contributed by atoms with Crippen LogP contribution in [0.25, 0.3) is 11.0 Å². The fraction of sp³-hybridized carbons (Fsp3) is 0.538. The maximum Gasteiger partial charge on any atom is 0.151 e. The number of rotatable bonds is 5. The molecular formula is C13H19N5OS. The molecule has 2 atom stereocenters. The number of aliphatic hydroxyl groups is 1. The summed E-state index contributed by atoms with van der Waals surface area (Å²) in [6.07, 6.45) is 6.62. The third-order valence-corrected chi connectivity index (χ3v) is 4.69. The summed E-state index contributed by atoms with van der Waals surface area (Å²) >= 11 is 1.84. The summed E-state index contributed by atoms with van der Waals surface area (Å²) < 4.78 is 0. The lowest BCUT2D eigenvalue weighted by Gasteiger charge is -2.47. The second-order valence-corrected chi connectivity index (χ2v) is 6.06. The number of aliphatic hydroxyl groups excluding tert-OH is 1. The van der Waals surface area contributed by atoms with E-state index in [4.69, 9.17) is 5.73 Å². The van der Waals surface area contributed by atoms with Crippen molar-refractivity contribution in [2.75, 3.05) is 24.3 Å². The molecule has 0 saturated carbocycles. The van der Waals surface area contributed by atoms with Crippen LogP contribution in [0.15, 0.2) is 12.5 Å². The highest BCUT2D eigenvalue weighted by Crippen LogP contribution is 2.31. The number of aromatic nitrogens is 3. The van der Waals surface area contributed by atoms with E-state index in [0.717, 1.165) is 35.3 Å². The Morgan fingerprint density at radius 2 is 2.35 bits per heavy atom. The Morgan fingerprint density at radius 1 is 1.50 bits per heavy atom. The van der Waals surface area contributed by atoms with Crippen LogP contribution in [0.1, 0.15) is 12.0 Å². The second kappa shape index (κ2) is 5.59. The number of nitrogens with one attached hydrogen (secondary N) is 1. The minimum atomic E-state index is 0.213. The van der Waals surface area contributed by atoms with E-state index in [-0.39, 0.29) is 12.6 Å². The van der Waals surface area contributed by atoms with E-state index in [1.807, 2.05) is 18.0 Å². The van der Waals surface area contributed by atoms with Crippen molar-refractivity contribution in [1.29, 1.82) is 0 Å². The summed E-state index contributed by atoms with van der Waals surface area (Å²) in [6, 6.07) is 0.794. The van der Waals surface area contributed by atoms with Crippen molar-refractivity contribution < 1.29 is 5.11 Å². The fourth-order valence-corrected chi connectivity index (χ4v) is 3.58. The van der Waals surface area contributed by atoms with Gasteiger partial charge in [-0.2, -0.15) is 11.8 Å². The average Bonchev–Trinajstić information content (AvgIpc) is 2.85. The molecule has 3 rings (SSSR count). The van der Waals surface area contributed by atoms with Gasteiger partial charge in [0, 0.05) is 36.1 Å². The van der Waals surface area contributed by atoms with E-state index in [2.05, 4.69) is 26.1 Å². The minimum Gasteiger partial charge on any atom is -0.395 e. The van der Waals surface area contributed by atoms with Gasteiger partial charge in [-0.3, -0.25) is 4.90 Å². The molecule has 0 aromatic carbocycles. The number of nitrogens with zero attached hydrogens (tertiary/aromatic N) is 3. The van der Waals surface area contributed by atoms with Crippen molar-refractivity contribution in [3.8, 4) is 0 Å². The van der Waals surface area contributed by atoms with Gasteiger partial charge in [-0.25, -0.2) is 9.97 Å². The number of H-pyrrole nitrogens is 1. The molecule has 4 N–H and O–H groups in total. The molecule has 1 fully saturated rings. The first-order valence-electron chi connectivity index (χ1n) is 6.66. The van der Waals surface area contributed by atoms with Gasteiger partial charge in [0.05, 0.1) is 12.1 Å². The van der Waals surface area contributed by atoms with Crippen LogP contribution >= 0.6 is 11.8 Å². The molecule has 7 heteroatoms. The number of nitrogens with two attached hydrogens (primary N) is 1. The van der Waals surface area contributed by atoms with Crippen molar-refractivity contribution in [3.63, 3.8) is 0 Å². The van der Waals surface area contributed by atoms with Gasteiger partial charge >= 0.3 is 0 Å². The Balaban J connectivity index is 1.83. The molecule has 1 saturated heterocycles. The van der Waals surface area contributed by atoms with Gasteiger partial charge in [-0.05, 0) is 12.7 Å². The van der Waals surface area contributed by atoms with Crippen LogP contribution in [0, 0.1) is 0 Å². The first-order chi connectivity index (χ1) is 9.74. The molecule has 6 nitrogen and oxygen atoms in total. The molecule has 2 unspecified atom stereocenters. The number of nitrogen functional groups attached to an aromatic ring is 1. The van der Waals surface area contributed by atoms with Crippen LogP contribution in [0.3, 0.4) is 0 Å². The summed E-state index contributed by atoms with van der Waals surface area (Å²) in [6.45, 7) is 0.997. The zero-order valence-corrected chi connectivity index (χ0v) is 12.2. The lowest BCUT2D eigenvalue weighted by atomic mass is 9.94. The van der Waals surface area contributed by atoms with Gasteiger partial charge in [0.15, 0.2) is 5.82 Å². The zero-order chi connectivity index (χ0) is 14.1. The number of likely N-dealkylation sites (tertiary alicyclic amines) is 1. The molecule has 0 bridgehead atoms. The van der Waals surface area contributed by atoms with Crippen LogP contribution in [-0.4, -0.2) is 55.7 Å². The molecule has 0 amide bonds. The molecule has 0 aliphatic carbocycles. The maximum atomic E-state index is 9.43. The summed E-state index contributed by atoms with van der Waals surface area (Å²) in [5.41, 5.74) is 8.62. The largest absolute Gasteiger partial charge is 0.395 e. The molecule has 1 aliphatic rings. The second-order valence-electron chi connectivity index (χ2n) is 5.15. The number of thioether (sulfide) groups is 1. The number of fused-ring (bicyclic) bond motifs is 1. The predicted molar refractivity (Wildman–Crippen MR) is 81.5 cm³/mol. The van der Waals surface area contributed by atoms with E-state index in [9.17, 15) is 5.11 Å². The van der Waals surface area contributed by atoms with E-state index < -0.39 is 0 Å². The smallest absolute Gasteiger partial charge is 0.151 e. The van der Waals surface area contributed by atoms with E-state index in [0.29, 0.717) is 11.9 Å². The molecule has 2 aromatic rings. The molecular weight excluding hydrogens is 274 g/mol. The van der Waals surface area contributed by atoms with Gasteiger partial charge < -0.3 is 15.8 Å². The Labute approximate surface area is 121 Å². The SMILES string of the molecule is CSCC1CC(CO)N1Cc1c[nH]c2c(N)ncnc12. The first kappa shape index (κ1) is 13.7. The summed E-state index contributed by atoms with van der Waals surface area (Å²) in [5, 5.41) is 9.43. The van der Waals surface area contributed by atoms with E-state index >= 15 is 0 Å². The maximum absolute atomic E-state index is 9.43. The Hall–Kier alpha value is -1.31. The Kier molecular flexibility index (Phi) is 3.82. The molecule has 108 valence electrons. The Morgan fingerprint density at radius 3 is 3.10 bits per heavy atom. The summed E-state index contributed by atoms with van der Waals surface area (Å²) in [4.78, 5) is 13.8. The standard InChI is InChI=1S/C13H19N5OS/c1-20-6-10-2-9(5-19)18(10)4-8-3-15-12-11(8)16-7-17-13(12)14/h3,7,9-10,15,19H,2,4-6H2,1H3,(H2,14,16,17). The minimum absolute atomic E-state index is 0.213. The van der Waals surface area contributed by atoms with E-state index in [1.54, 1.807) is 0 Å². The molecule has 3 heterocycles. The van der Waals surface area contributed by atoms with Crippen molar-refractivity contribution in [3.05, 3.63) is 18.1 Å². The van der Waals surface area contributed by atoms with Crippen molar-refractivity contribution >= 4 is 28.6 Å². The topological polar surface area (TPSA) is 91.1 Å². The summed E-state index contributed by atoms with van der Waals surface area (Å²) in [5.74, 6) is 1.57. The van der Waals surface area contributed by atoms with Crippen molar-refractivity contribution in [1.82, 2.24) is 19.9 Å². The number of aromatic amines is 1. The van der Waals surface area contributed by atoms with E-state index in [1.165, 1.54) is 6.33 Å². The summed E-state index contributed by atoms with van der Waals surface area (Å²) in [7, 11) is 0. The first-order valence-corrected chi connectivity index (χ1v) is 8.06. The van der Waals surface area contributed by atoms with Gasteiger partial charge in [0.25, 0.3) is 0 Å². The van der Waals surface area contributed by atoms with Gasteiger partial charge in [0.1, 0.15) is 11.8 Å². The third-order valence-electron chi connectivity index (χ3n) is 3.98. The predicted octanol–water partition coefficient (Wildman–Crippen LogP) is 0.838. The fourth-order valence-electron chi connectivity index (χ4n) is 2.87. The number of anilines is 1. The monoisotopic (exact) mass is 293 g/mol. The van der Waals surface area contributed by atoms with Gasteiger partial charge in [0.2, 0.25) is 0 Å². The van der Waals surface area contributed by atoms with Gasteiger partial charge in [-0.1, -0.05) is 0 Å².